The van der Waals surface area contributed by atoms with Crippen molar-refractivity contribution in [2.75, 3.05) is 22.5 Å². The van der Waals surface area contributed by atoms with Gasteiger partial charge < -0.3 is 10.1 Å². The van der Waals surface area contributed by atoms with Gasteiger partial charge in [-0.25, -0.2) is 8.42 Å². The second-order valence-corrected chi connectivity index (χ2v) is 7.95. The van der Waals surface area contributed by atoms with E-state index < -0.39 is 22.0 Å². The molecule has 1 unspecified atom stereocenters. The number of rotatable bonds is 7. The number of sulfonamides is 1. The van der Waals surface area contributed by atoms with Gasteiger partial charge in [0.2, 0.25) is 15.9 Å². The van der Waals surface area contributed by atoms with Crippen LogP contribution < -0.4 is 14.4 Å². The van der Waals surface area contributed by atoms with Crippen molar-refractivity contribution in [2.24, 2.45) is 0 Å². The maximum atomic E-state index is 12.6. The van der Waals surface area contributed by atoms with Crippen LogP contribution in [0.4, 0.5) is 11.4 Å². The summed E-state index contributed by atoms with van der Waals surface area (Å²) in [7, 11) is -3.68. The molecule has 2 aromatic carbocycles. The first-order chi connectivity index (χ1) is 12.2. The standard InChI is InChI=1S/C18H21ClN2O4S/c1-4-25-17-11-9-16(10-12-17)21(26(3,23)24)13(2)18(22)20-15-7-5-14(19)6-8-15/h5-13H,4H2,1-3H3,(H,20,22). The summed E-state index contributed by atoms with van der Waals surface area (Å²) in [5.41, 5.74) is 0.918. The second kappa shape index (κ2) is 8.42. The third kappa shape index (κ3) is 5.12. The molecule has 1 atom stereocenters. The van der Waals surface area contributed by atoms with E-state index in [1.54, 1.807) is 48.5 Å². The molecule has 0 fully saturated rings. The third-order valence-electron chi connectivity index (χ3n) is 3.60. The van der Waals surface area contributed by atoms with Crippen LogP contribution in [0.15, 0.2) is 48.5 Å². The molecule has 8 heteroatoms. The van der Waals surface area contributed by atoms with Crippen molar-refractivity contribution in [1.29, 1.82) is 0 Å². The zero-order chi connectivity index (χ0) is 19.3. The Morgan fingerprint density at radius 2 is 1.73 bits per heavy atom. The lowest BCUT2D eigenvalue weighted by Gasteiger charge is -2.28. The first-order valence-electron chi connectivity index (χ1n) is 8.01. The quantitative estimate of drug-likeness (QED) is 0.776. The van der Waals surface area contributed by atoms with Gasteiger partial charge in [0.15, 0.2) is 0 Å². The topological polar surface area (TPSA) is 75.7 Å². The molecule has 0 bridgehead atoms. The predicted molar refractivity (Wildman–Crippen MR) is 104 cm³/mol. The van der Waals surface area contributed by atoms with Gasteiger partial charge in [-0.3, -0.25) is 9.10 Å². The highest BCUT2D eigenvalue weighted by Gasteiger charge is 2.29. The number of nitrogens with one attached hydrogen (secondary N) is 1. The number of amides is 1. The smallest absolute Gasteiger partial charge is 0.247 e. The summed E-state index contributed by atoms with van der Waals surface area (Å²) in [6, 6.07) is 12.2. The maximum Gasteiger partial charge on any atom is 0.247 e. The van der Waals surface area contributed by atoms with Crippen LogP contribution in [-0.2, 0) is 14.8 Å². The molecule has 1 amide bonds. The molecule has 140 valence electrons. The average Bonchev–Trinajstić information content (AvgIpc) is 2.57. The van der Waals surface area contributed by atoms with Gasteiger partial charge in [-0.05, 0) is 62.4 Å². The number of anilines is 2. The average molecular weight is 397 g/mol. The number of halogens is 1. The summed E-state index contributed by atoms with van der Waals surface area (Å²) in [5.74, 6) is 0.176. The normalized spacial score (nSPS) is 12.3. The molecule has 26 heavy (non-hydrogen) atoms. The van der Waals surface area contributed by atoms with Crippen LogP contribution in [0.1, 0.15) is 13.8 Å². The fourth-order valence-corrected chi connectivity index (χ4v) is 3.75. The summed E-state index contributed by atoms with van der Waals surface area (Å²) >= 11 is 5.83. The van der Waals surface area contributed by atoms with Gasteiger partial charge in [-0.2, -0.15) is 0 Å². The summed E-state index contributed by atoms with van der Waals surface area (Å²) < 4.78 is 31.0. The lowest BCUT2D eigenvalue weighted by molar-refractivity contribution is -0.116. The fraction of sp³-hybridized carbons (Fsp3) is 0.278. The number of ether oxygens (including phenoxy) is 1. The Labute approximate surface area is 158 Å². The van der Waals surface area contributed by atoms with Crippen LogP contribution in [0.3, 0.4) is 0 Å². The number of benzene rings is 2. The summed E-state index contributed by atoms with van der Waals surface area (Å²) in [6.45, 7) is 3.90. The van der Waals surface area contributed by atoms with Crippen molar-refractivity contribution >= 4 is 38.9 Å². The van der Waals surface area contributed by atoms with Crippen LogP contribution in [0.25, 0.3) is 0 Å². The molecule has 0 aliphatic heterocycles. The van der Waals surface area contributed by atoms with Crippen molar-refractivity contribution in [3.05, 3.63) is 53.6 Å². The van der Waals surface area contributed by atoms with Crippen LogP contribution in [0.5, 0.6) is 5.75 Å². The van der Waals surface area contributed by atoms with Crippen molar-refractivity contribution in [2.45, 2.75) is 19.9 Å². The third-order valence-corrected chi connectivity index (χ3v) is 5.10. The van der Waals surface area contributed by atoms with E-state index in [4.69, 9.17) is 16.3 Å². The van der Waals surface area contributed by atoms with Gasteiger partial charge in [0.05, 0.1) is 18.6 Å². The molecule has 2 aromatic rings. The summed E-state index contributed by atoms with van der Waals surface area (Å²) in [6.07, 6.45) is 1.07. The molecule has 0 saturated heterocycles. The van der Waals surface area contributed by atoms with Gasteiger partial charge in [0, 0.05) is 10.7 Å². The minimum absolute atomic E-state index is 0.384. The maximum absolute atomic E-state index is 12.6. The molecule has 0 saturated carbocycles. The fourth-order valence-electron chi connectivity index (χ4n) is 2.44. The number of carbonyl (C=O) groups excluding carboxylic acids is 1. The lowest BCUT2D eigenvalue weighted by atomic mass is 10.2. The molecule has 6 nitrogen and oxygen atoms in total. The van der Waals surface area contributed by atoms with E-state index >= 15 is 0 Å². The van der Waals surface area contributed by atoms with Crippen LogP contribution in [0.2, 0.25) is 5.02 Å². The molecule has 0 radical (unpaired) electrons. The molecular formula is C18H21ClN2O4S. The Bertz CT molecular complexity index is 852. The van der Waals surface area contributed by atoms with E-state index in [1.165, 1.54) is 6.92 Å². The molecule has 1 N–H and O–H groups in total. The minimum atomic E-state index is -3.68. The highest BCUT2D eigenvalue weighted by Crippen LogP contribution is 2.24. The number of hydrogen-bond acceptors (Lipinski definition) is 4. The van der Waals surface area contributed by atoms with Gasteiger partial charge in [-0.15, -0.1) is 0 Å². The Morgan fingerprint density at radius 3 is 2.23 bits per heavy atom. The van der Waals surface area contributed by atoms with Crippen molar-refractivity contribution in [3.8, 4) is 5.75 Å². The van der Waals surface area contributed by atoms with E-state index in [-0.39, 0.29) is 0 Å². The number of nitrogens with zero attached hydrogens (tertiary/aromatic N) is 1. The monoisotopic (exact) mass is 396 g/mol. The molecule has 0 aromatic heterocycles. The molecule has 0 aliphatic carbocycles. The van der Waals surface area contributed by atoms with Crippen molar-refractivity contribution in [1.82, 2.24) is 0 Å². The first-order valence-corrected chi connectivity index (χ1v) is 10.2. The van der Waals surface area contributed by atoms with Crippen molar-refractivity contribution in [3.63, 3.8) is 0 Å². The zero-order valence-corrected chi connectivity index (χ0v) is 16.3. The lowest BCUT2D eigenvalue weighted by Crippen LogP contribution is -2.45. The van der Waals surface area contributed by atoms with Crippen LogP contribution in [0, 0.1) is 0 Å². The molecule has 0 spiro atoms. The SMILES string of the molecule is CCOc1ccc(N(C(C)C(=O)Nc2ccc(Cl)cc2)S(C)(=O)=O)cc1. The largest absolute Gasteiger partial charge is 0.494 e. The van der Waals surface area contributed by atoms with Gasteiger partial charge in [0.25, 0.3) is 0 Å². The molecule has 0 aliphatic rings. The molecule has 0 heterocycles. The molecular weight excluding hydrogens is 376 g/mol. The minimum Gasteiger partial charge on any atom is -0.494 e. The Kier molecular flexibility index (Phi) is 6.50. The van der Waals surface area contributed by atoms with Crippen LogP contribution >= 0.6 is 11.6 Å². The van der Waals surface area contributed by atoms with Gasteiger partial charge >= 0.3 is 0 Å². The highest BCUT2D eigenvalue weighted by atomic mass is 35.5. The summed E-state index contributed by atoms with van der Waals surface area (Å²) in [4.78, 5) is 12.6. The second-order valence-electron chi connectivity index (χ2n) is 5.66. The van der Waals surface area contributed by atoms with E-state index in [1.807, 2.05) is 6.92 Å². The van der Waals surface area contributed by atoms with E-state index in [2.05, 4.69) is 5.32 Å². The predicted octanol–water partition coefficient (Wildman–Crippen LogP) is 3.53. The van der Waals surface area contributed by atoms with Crippen LogP contribution in [-0.4, -0.2) is 33.2 Å². The van der Waals surface area contributed by atoms with E-state index in [0.717, 1.165) is 10.6 Å². The van der Waals surface area contributed by atoms with E-state index in [0.29, 0.717) is 28.8 Å². The van der Waals surface area contributed by atoms with E-state index in [9.17, 15) is 13.2 Å². The Hall–Kier alpha value is -2.25. The zero-order valence-electron chi connectivity index (χ0n) is 14.8. The number of hydrogen-bond donors (Lipinski definition) is 1. The van der Waals surface area contributed by atoms with Crippen molar-refractivity contribution < 1.29 is 17.9 Å². The Morgan fingerprint density at radius 1 is 1.15 bits per heavy atom. The Balaban J connectivity index is 2.25. The first kappa shape index (κ1) is 20.1. The highest BCUT2D eigenvalue weighted by molar-refractivity contribution is 7.92. The molecule has 2 rings (SSSR count). The van der Waals surface area contributed by atoms with Gasteiger partial charge in [-0.1, -0.05) is 11.6 Å². The summed E-state index contributed by atoms with van der Waals surface area (Å²) in [5, 5.41) is 3.24. The number of carbonyl (C=O) groups is 1. The van der Waals surface area contributed by atoms with Gasteiger partial charge in [0.1, 0.15) is 11.8 Å².